The monoisotopic (exact) mass is 427 g/mol. The molecule has 0 bridgehead atoms. The fraction of sp³-hybridized carbons (Fsp3) is 0.296. The van der Waals surface area contributed by atoms with Crippen molar-refractivity contribution in [1.29, 1.82) is 0 Å². The second kappa shape index (κ2) is 9.32. The molecule has 162 valence electrons. The van der Waals surface area contributed by atoms with E-state index in [0.29, 0.717) is 41.2 Å². The van der Waals surface area contributed by atoms with E-state index in [1.807, 2.05) is 13.0 Å². The number of carbonyl (C=O) groups excluding carboxylic acids is 1. The number of halogens is 1. The van der Waals surface area contributed by atoms with Crippen molar-refractivity contribution >= 4 is 29.6 Å². The van der Waals surface area contributed by atoms with Gasteiger partial charge in [-0.05, 0) is 92.1 Å². The number of nitrogens with one attached hydrogen (secondary N) is 1. The van der Waals surface area contributed by atoms with Gasteiger partial charge >= 0.3 is 0 Å². The van der Waals surface area contributed by atoms with Crippen molar-refractivity contribution in [2.75, 3.05) is 5.32 Å². The molecule has 1 unspecified atom stereocenters. The second-order valence-electron chi connectivity index (χ2n) is 8.51. The highest BCUT2D eigenvalue weighted by molar-refractivity contribution is 5.90. The number of hydrogen-bond acceptors (Lipinski definition) is 3. The van der Waals surface area contributed by atoms with E-state index in [4.69, 9.17) is 6.42 Å². The third-order valence-corrected chi connectivity index (χ3v) is 6.47. The van der Waals surface area contributed by atoms with Gasteiger partial charge in [-0.25, -0.2) is 9.37 Å². The second-order valence-corrected chi connectivity index (χ2v) is 8.51. The van der Waals surface area contributed by atoms with Crippen molar-refractivity contribution in [2.45, 2.75) is 32.6 Å². The fourth-order valence-electron chi connectivity index (χ4n) is 5.09. The van der Waals surface area contributed by atoms with Crippen LogP contribution in [0.2, 0.25) is 0 Å². The van der Waals surface area contributed by atoms with Crippen molar-refractivity contribution in [3.8, 4) is 12.3 Å². The van der Waals surface area contributed by atoms with E-state index in [2.05, 4.69) is 34.0 Å². The molecule has 0 saturated heterocycles. The maximum absolute atomic E-state index is 13.9. The number of allylic oxidation sites excluding steroid dienone is 4. The Labute approximate surface area is 188 Å². The Hall–Kier alpha value is -3.52. The average Bonchev–Trinajstić information content (AvgIpc) is 3.33. The molecule has 2 aliphatic rings. The summed E-state index contributed by atoms with van der Waals surface area (Å²) in [4.78, 5) is 20.7. The summed E-state index contributed by atoms with van der Waals surface area (Å²) in [6, 6.07) is 8.10. The Morgan fingerprint density at radius 2 is 2.22 bits per heavy atom. The van der Waals surface area contributed by atoms with Gasteiger partial charge < -0.3 is 5.32 Å². The lowest BCUT2D eigenvalue weighted by atomic mass is 9.91. The van der Waals surface area contributed by atoms with Crippen LogP contribution in [-0.2, 0) is 4.79 Å². The van der Waals surface area contributed by atoms with Gasteiger partial charge in [0, 0.05) is 12.0 Å². The molecule has 1 aromatic heterocycles. The molecule has 2 aliphatic carbocycles. The van der Waals surface area contributed by atoms with Crippen LogP contribution in [0.15, 0.2) is 59.2 Å². The van der Waals surface area contributed by atoms with Crippen LogP contribution in [-0.4, -0.2) is 17.6 Å². The van der Waals surface area contributed by atoms with Crippen LogP contribution < -0.4 is 5.32 Å². The van der Waals surface area contributed by atoms with Gasteiger partial charge in [-0.15, -0.1) is 6.42 Å². The Balaban J connectivity index is 1.39. The lowest BCUT2D eigenvalue weighted by molar-refractivity contribution is -0.117. The molecule has 0 radical (unpaired) electrons. The molecule has 1 fully saturated rings. The summed E-state index contributed by atoms with van der Waals surface area (Å²) < 4.78 is 13.9. The number of hydrogen-bond donors (Lipinski definition) is 1. The summed E-state index contributed by atoms with van der Waals surface area (Å²) in [5.41, 5.74) is 4.95. The quantitative estimate of drug-likeness (QED) is 0.458. The van der Waals surface area contributed by atoms with Crippen molar-refractivity contribution in [3.05, 3.63) is 71.3 Å². The molecule has 1 heterocycles. The number of nitrogens with zero attached hydrogens (tertiary/aromatic N) is 2. The molecular weight excluding hydrogens is 401 g/mol. The molecule has 3 atom stereocenters. The first-order valence-corrected chi connectivity index (χ1v) is 10.9. The number of aliphatic imine (C=N–C) groups is 1. The van der Waals surface area contributed by atoms with Crippen LogP contribution in [0.5, 0.6) is 0 Å². The molecule has 0 spiro atoms. The van der Waals surface area contributed by atoms with Gasteiger partial charge in [-0.1, -0.05) is 18.1 Å². The molecule has 1 N–H and O–H groups in total. The Morgan fingerprint density at radius 1 is 1.38 bits per heavy atom. The topological polar surface area (TPSA) is 54.4 Å². The van der Waals surface area contributed by atoms with Crippen LogP contribution in [0.25, 0.3) is 5.57 Å². The lowest BCUT2D eigenvalue weighted by Gasteiger charge is -2.15. The molecular formula is C27H26FN3O. The summed E-state index contributed by atoms with van der Waals surface area (Å²) in [6.07, 6.45) is 14.7. The first kappa shape index (κ1) is 21.7. The number of terminal acetylenes is 1. The van der Waals surface area contributed by atoms with Gasteiger partial charge in [-0.3, -0.25) is 9.79 Å². The summed E-state index contributed by atoms with van der Waals surface area (Å²) in [5.74, 6) is 3.51. The zero-order chi connectivity index (χ0) is 22.7. The third-order valence-electron chi connectivity index (χ3n) is 6.47. The molecule has 5 heteroatoms. The van der Waals surface area contributed by atoms with Gasteiger partial charge in [0.15, 0.2) is 0 Å². The number of amides is 1. The minimum Gasteiger partial charge on any atom is -0.325 e. The zero-order valence-corrected chi connectivity index (χ0v) is 18.1. The average molecular weight is 428 g/mol. The molecule has 1 aromatic carbocycles. The molecule has 4 nitrogen and oxygen atoms in total. The summed E-state index contributed by atoms with van der Waals surface area (Å²) in [7, 11) is 0. The highest BCUT2D eigenvalue weighted by Crippen LogP contribution is 2.50. The smallest absolute Gasteiger partial charge is 0.224 e. The largest absolute Gasteiger partial charge is 0.325 e. The Kier molecular flexibility index (Phi) is 6.32. The molecule has 0 aliphatic heterocycles. The third kappa shape index (κ3) is 4.55. The van der Waals surface area contributed by atoms with Crippen molar-refractivity contribution in [3.63, 3.8) is 0 Å². The van der Waals surface area contributed by atoms with Crippen LogP contribution in [0.1, 0.15) is 43.9 Å². The van der Waals surface area contributed by atoms with E-state index in [-0.39, 0.29) is 11.7 Å². The number of fused-ring (bicyclic) bond motifs is 1. The van der Waals surface area contributed by atoms with Crippen molar-refractivity contribution < 1.29 is 9.18 Å². The van der Waals surface area contributed by atoms with E-state index < -0.39 is 0 Å². The predicted molar refractivity (Wildman–Crippen MR) is 127 cm³/mol. The van der Waals surface area contributed by atoms with Crippen molar-refractivity contribution in [2.24, 2.45) is 22.7 Å². The summed E-state index contributed by atoms with van der Waals surface area (Å²) in [6.45, 7) is 5.60. The summed E-state index contributed by atoms with van der Waals surface area (Å²) in [5, 5.41) is 2.91. The predicted octanol–water partition coefficient (Wildman–Crippen LogP) is 5.94. The number of pyridine rings is 1. The number of aromatic nitrogens is 1. The summed E-state index contributed by atoms with van der Waals surface area (Å²) >= 11 is 0. The number of rotatable bonds is 6. The first-order valence-electron chi connectivity index (χ1n) is 10.9. The number of anilines is 1. The maximum Gasteiger partial charge on any atom is 0.224 e. The van der Waals surface area contributed by atoms with Gasteiger partial charge in [0.2, 0.25) is 5.91 Å². The minimum absolute atomic E-state index is 0.00466. The first-order chi connectivity index (χ1) is 15.5. The van der Waals surface area contributed by atoms with E-state index in [1.54, 1.807) is 24.4 Å². The lowest BCUT2D eigenvalue weighted by Crippen LogP contribution is -2.15. The van der Waals surface area contributed by atoms with Gasteiger partial charge in [-0.2, -0.15) is 0 Å². The minimum atomic E-state index is -0.277. The van der Waals surface area contributed by atoms with Gasteiger partial charge in [0.1, 0.15) is 11.5 Å². The fourth-order valence-corrected chi connectivity index (χ4v) is 5.09. The zero-order valence-electron chi connectivity index (χ0n) is 18.1. The van der Waals surface area contributed by atoms with Gasteiger partial charge in [0.05, 0.1) is 17.6 Å². The van der Waals surface area contributed by atoms with Crippen LogP contribution in [0.3, 0.4) is 0 Å². The highest BCUT2D eigenvalue weighted by atomic mass is 19.1. The van der Waals surface area contributed by atoms with E-state index in [9.17, 15) is 9.18 Å². The Morgan fingerprint density at radius 3 is 2.88 bits per heavy atom. The SMILES string of the molecule is C#Cc1ccc(NC(=O)C[C@@H]2CC3CC(/C(=C/C)c4cc(F)ccc4N=C)=C[C@@H]3C2)cn1. The Bertz CT molecular complexity index is 1140. The normalized spacial score (nSPS) is 22.1. The molecule has 32 heavy (non-hydrogen) atoms. The van der Waals surface area contributed by atoms with Crippen LogP contribution in [0.4, 0.5) is 15.8 Å². The number of carbonyl (C=O) groups is 1. The molecule has 1 amide bonds. The number of benzene rings is 1. The van der Waals surface area contributed by atoms with E-state index in [0.717, 1.165) is 30.4 Å². The van der Waals surface area contributed by atoms with Crippen LogP contribution in [0, 0.1) is 35.9 Å². The van der Waals surface area contributed by atoms with Crippen LogP contribution >= 0.6 is 0 Å². The molecule has 1 saturated carbocycles. The molecule has 4 rings (SSSR count). The highest BCUT2D eigenvalue weighted by Gasteiger charge is 2.38. The van der Waals surface area contributed by atoms with E-state index in [1.165, 1.54) is 17.7 Å². The van der Waals surface area contributed by atoms with E-state index >= 15 is 0 Å². The standard InChI is InChI=1S/C27H26FN3O/c1-4-22-7-8-23(16-30-22)31-27(32)12-17-10-18-13-20(14-19(18)11-17)24(5-2)25-15-21(28)6-9-26(25)29-3/h1,5-9,13,15-19H,3,10-12,14H2,2H3,(H,31,32)/b24-5-/t17-,18-,19?/m0/s1. The van der Waals surface area contributed by atoms with Gasteiger partial charge in [0.25, 0.3) is 0 Å². The maximum atomic E-state index is 13.9. The molecule has 2 aromatic rings. The van der Waals surface area contributed by atoms with Crippen molar-refractivity contribution in [1.82, 2.24) is 4.98 Å².